The lowest BCUT2D eigenvalue weighted by atomic mass is 10.1. The van der Waals surface area contributed by atoms with Crippen LogP contribution < -0.4 is 15.8 Å². The summed E-state index contributed by atoms with van der Waals surface area (Å²) in [7, 11) is 1.13. The molecule has 0 atom stereocenters. The number of carbonyl (C=O) groups excluding carboxylic acids is 1. The third kappa shape index (κ3) is 4.17. The van der Waals surface area contributed by atoms with Crippen molar-refractivity contribution in [2.24, 2.45) is 5.92 Å². The van der Waals surface area contributed by atoms with Crippen molar-refractivity contribution in [3.63, 3.8) is 0 Å². The van der Waals surface area contributed by atoms with E-state index in [1.807, 2.05) is 0 Å². The summed E-state index contributed by atoms with van der Waals surface area (Å²) in [6.45, 7) is 0. The lowest BCUT2D eigenvalue weighted by Gasteiger charge is -2.22. The predicted molar refractivity (Wildman–Crippen MR) is 61.6 cm³/mol. The Kier molecular flexibility index (Phi) is 4.59. The Morgan fingerprint density at radius 2 is 1.71 bits per heavy atom. The van der Waals surface area contributed by atoms with Gasteiger partial charge in [0.1, 0.15) is 5.75 Å². The monoisotopic (exact) mass is 316 g/mol. The quantitative estimate of drug-likeness (QED) is 0.665. The number of rotatable bonds is 3. The van der Waals surface area contributed by atoms with Crippen molar-refractivity contribution in [1.82, 2.24) is 0 Å². The number of ether oxygens (including phenoxy) is 1. The van der Waals surface area contributed by atoms with Crippen LogP contribution in [0.4, 0.5) is 37.7 Å². The molecule has 1 rings (SSSR count). The molecular formula is C11H10F6N2O2. The second-order valence-electron chi connectivity index (χ2n) is 3.97. The van der Waals surface area contributed by atoms with E-state index in [4.69, 9.17) is 10.5 Å². The van der Waals surface area contributed by atoms with Crippen LogP contribution in [0.2, 0.25) is 0 Å². The van der Waals surface area contributed by atoms with Crippen LogP contribution in [0.3, 0.4) is 0 Å². The van der Waals surface area contributed by atoms with E-state index < -0.39 is 24.2 Å². The van der Waals surface area contributed by atoms with Crippen molar-refractivity contribution in [1.29, 1.82) is 0 Å². The number of amides is 1. The zero-order valence-corrected chi connectivity index (χ0v) is 10.5. The van der Waals surface area contributed by atoms with Crippen molar-refractivity contribution in [2.45, 2.75) is 12.4 Å². The van der Waals surface area contributed by atoms with E-state index in [9.17, 15) is 31.1 Å². The lowest BCUT2D eigenvalue weighted by Crippen LogP contribution is -2.45. The molecule has 0 aliphatic rings. The van der Waals surface area contributed by atoms with Crippen molar-refractivity contribution >= 4 is 17.3 Å². The summed E-state index contributed by atoms with van der Waals surface area (Å²) in [5.74, 6) is -6.53. The molecule has 0 aliphatic heterocycles. The molecule has 0 spiro atoms. The highest BCUT2D eigenvalue weighted by atomic mass is 19.4. The molecule has 10 heteroatoms. The number of nitrogens with one attached hydrogen (secondary N) is 1. The van der Waals surface area contributed by atoms with Crippen LogP contribution in [0.5, 0.6) is 5.75 Å². The number of hydrogen-bond donors (Lipinski definition) is 2. The molecule has 0 radical (unpaired) electrons. The maximum atomic E-state index is 12.4. The average molecular weight is 316 g/mol. The zero-order valence-electron chi connectivity index (χ0n) is 10.5. The summed E-state index contributed by atoms with van der Waals surface area (Å²) in [6.07, 6.45) is -11.5. The largest absolute Gasteiger partial charge is 0.495 e. The van der Waals surface area contributed by atoms with Crippen molar-refractivity contribution < 1.29 is 35.9 Å². The molecule has 0 bridgehead atoms. The van der Waals surface area contributed by atoms with E-state index in [0.717, 1.165) is 13.2 Å². The van der Waals surface area contributed by atoms with Crippen LogP contribution in [-0.4, -0.2) is 25.4 Å². The first-order valence-corrected chi connectivity index (χ1v) is 5.34. The first kappa shape index (κ1) is 16.9. The van der Waals surface area contributed by atoms with E-state index in [1.54, 1.807) is 0 Å². The van der Waals surface area contributed by atoms with Crippen LogP contribution in [0.15, 0.2) is 18.2 Å². The summed E-state index contributed by atoms with van der Waals surface area (Å²) in [6, 6.07) is 3.49. The summed E-state index contributed by atoms with van der Waals surface area (Å²) in [4.78, 5) is 11.3. The van der Waals surface area contributed by atoms with Gasteiger partial charge in [-0.2, -0.15) is 26.3 Å². The van der Waals surface area contributed by atoms with Gasteiger partial charge in [-0.05, 0) is 18.2 Å². The Balaban J connectivity index is 3.11. The highest BCUT2D eigenvalue weighted by Gasteiger charge is 2.61. The third-order valence-corrected chi connectivity index (χ3v) is 2.40. The molecule has 0 unspecified atom stereocenters. The molecule has 0 heterocycles. The Hall–Kier alpha value is -2.13. The average Bonchev–Trinajstić information content (AvgIpc) is 2.24. The Morgan fingerprint density at radius 3 is 2.14 bits per heavy atom. The minimum atomic E-state index is -5.77. The topological polar surface area (TPSA) is 64.3 Å². The van der Waals surface area contributed by atoms with E-state index in [0.29, 0.717) is 0 Å². The molecule has 1 aromatic rings. The molecule has 0 aliphatic carbocycles. The van der Waals surface area contributed by atoms with Crippen LogP contribution in [0.1, 0.15) is 0 Å². The van der Waals surface area contributed by atoms with Gasteiger partial charge in [-0.25, -0.2) is 0 Å². The maximum Gasteiger partial charge on any atom is 0.409 e. The summed E-state index contributed by atoms with van der Waals surface area (Å²) in [5.41, 5.74) is 5.00. The zero-order chi connectivity index (χ0) is 16.4. The molecule has 4 nitrogen and oxygen atoms in total. The highest BCUT2D eigenvalue weighted by Crippen LogP contribution is 2.40. The number of halogens is 6. The standard InChI is InChI=1S/C11H10F6N2O2/c1-21-7-3-2-5(18)4-6(7)19-9(20)8(10(12,13)14)11(15,16)17/h2-4,8H,18H2,1H3,(H,19,20). The second-order valence-corrected chi connectivity index (χ2v) is 3.97. The summed E-state index contributed by atoms with van der Waals surface area (Å²) < 4.78 is 79.1. The van der Waals surface area contributed by atoms with Gasteiger partial charge in [0, 0.05) is 5.69 Å². The number of nitrogens with two attached hydrogens (primary N) is 1. The van der Waals surface area contributed by atoms with Gasteiger partial charge in [-0.15, -0.1) is 0 Å². The van der Waals surface area contributed by atoms with Gasteiger partial charge in [-0.3, -0.25) is 4.79 Å². The van der Waals surface area contributed by atoms with Crippen molar-refractivity contribution in [3.8, 4) is 5.75 Å². The number of benzene rings is 1. The number of anilines is 2. The van der Waals surface area contributed by atoms with Gasteiger partial charge in [0.25, 0.3) is 0 Å². The SMILES string of the molecule is COc1ccc(N)cc1NC(=O)C(C(F)(F)F)C(F)(F)F. The lowest BCUT2D eigenvalue weighted by molar-refractivity contribution is -0.272. The summed E-state index contributed by atoms with van der Waals surface area (Å²) >= 11 is 0. The third-order valence-electron chi connectivity index (χ3n) is 2.40. The van der Waals surface area contributed by atoms with Crippen LogP contribution in [0, 0.1) is 5.92 Å². The van der Waals surface area contributed by atoms with Gasteiger partial charge < -0.3 is 15.8 Å². The van der Waals surface area contributed by atoms with Gasteiger partial charge in [-0.1, -0.05) is 0 Å². The molecule has 1 amide bonds. The van der Waals surface area contributed by atoms with E-state index in [2.05, 4.69) is 0 Å². The first-order valence-electron chi connectivity index (χ1n) is 5.34. The fourth-order valence-corrected chi connectivity index (χ4v) is 1.51. The number of methoxy groups -OCH3 is 1. The van der Waals surface area contributed by atoms with E-state index in [-0.39, 0.29) is 17.1 Å². The number of carbonyl (C=O) groups is 1. The van der Waals surface area contributed by atoms with Gasteiger partial charge in [0.15, 0.2) is 0 Å². The number of nitrogen functional groups attached to an aromatic ring is 1. The fraction of sp³-hybridized carbons (Fsp3) is 0.364. The molecule has 0 saturated carbocycles. The Labute approximate surface area is 114 Å². The second kappa shape index (κ2) is 5.70. The minimum absolute atomic E-state index is 0.0293. The Bertz CT molecular complexity index is 512. The Morgan fingerprint density at radius 1 is 1.19 bits per heavy atom. The normalized spacial score (nSPS) is 12.4. The number of hydrogen-bond acceptors (Lipinski definition) is 3. The first-order chi connectivity index (χ1) is 9.46. The van der Waals surface area contributed by atoms with Crippen LogP contribution in [-0.2, 0) is 4.79 Å². The van der Waals surface area contributed by atoms with E-state index >= 15 is 0 Å². The molecule has 1 aromatic carbocycles. The smallest absolute Gasteiger partial charge is 0.409 e. The van der Waals surface area contributed by atoms with Crippen molar-refractivity contribution in [3.05, 3.63) is 18.2 Å². The molecule has 0 aromatic heterocycles. The maximum absolute atomic E-state index is 12.4. The molecule has 0 saturated heterocycles. The van der Waals surface area contributed by atoms with Crippen LogP contribution >= 0.6 is 0 Å². The molecule has 3 N–H and O–H groups in total. The summed E-state index contributed by atoms with van der Waals surface area (Å²) in [5, 5.41) is 1.53. The predicted octanol–water partition coefficient (Wildman–Crippen LogP) is 2.96. The van der Waals surface area contributed by atoms with Crippen molar-refractivity contribution in [2.75, 3.05) is 18.2 Å². The fourth-order valence-electron chi connectivity index (χ4n) is 1.51. The molecule has 118 valence electrons. The van der Waals surface area contributed by atoms with Gasteiger partial charge in [0.05, 0.1) is 12.8 Å². The number of alkyl halides is 6. The van der Waals surface area contributed by atoms with Gasteiger partial charge in [0.2, 0.25) is 11.8 Å². The minimum Gasteiger partial charge on any atom is -0.495 e. The highest BCUT2D eigenvalue weighted by molar-refractivity contribution is 5.95. The molecule has 21 heavy (non-hydrogen) atoms. The molecule has 0 fully saturated rings. The van der Waals surface area contributed by atoms with Crippen LogP contribution in [0.25, 0.3) is 0 Å². The molecular weight excluding hydrogens is 306 g/mol. The van der Waals surface area contributed by atoms with Gasteiger partial charge >= 0.3 is 12.4 Å². The van der Waals surface area contributed by atoms with E-state index in [1.165, 1.54) is 17.4 Å².